The van der Waals surface area contributed by atoms with Crippen LogP contribution in [-0.2, 0) is 37.3 Å². The molecule has 1 aromatic carbocycles. The Hall–Kier alpha value is -2.58. The van der Waals surface area contributed by atoms with Crippen LogP contribution in [0.15, 0.2) is 60.9 Å². The number of hydrogen-bond donors (Lipinski definition) is 0. The summed E-state index contributed by atoms with van der Waals surface area (Å²) in [6, 6.07) is 23.2. The molecule has 4 aromatic rings. The molecule has 0 bridgehead atoms. The third-order valence-electron chi connectivity index (χ3n) is 6.27. The minimum Gasteiger partial charge on any atom is -0.316 e. The maximum absolute atomic E-state index is 5.03. The maximum atomic E-state index is 5.03. The van der Waals surface area contributed by atoms with Gasteiger partial charge in [-0.1, -0.05) is 53.7 Å². The van der Waals surface area contributed by atoms with E-state index in [1.165, 1.54) is 5.56 Å². The minimum atomic E-state index is -0.372. The summed E-state index contributed by atoms with van der Waals surface area (Å²) >= 11 is 0. The summed E-state index contributed by atoms with van der Waals surface area (Å²) in [7, 11) is 0. The number of pyridine rings is 2. The molecule has 0 fully saturated rings. The average Bonchev–Trinajstić information content (AvgIpc) is 3.30. The Balaban J connectivity index is 0.00000342. The number of rotatable bonds is 4. The molecule has 0 atom stereocenters. The molecule has 0 unspecified atom stereocenters. The standard InChI is InChI=1S/C30H34N4.Pt/c1-28(2,3)22-11-9-12-23(20-22)34-18-16-26(33-34)30(7,8)25-14-10-13-24(32-25)21-15-17-31-27(19-21)29(4,5)6;/h9-11,13-14,16-20H,1-8H3;/q-2;+2. The fraction of sp³-hybridized carbons (Fsp3) is 0.367. The molecule has 0 aliphatic rings. The Morgan fingerprint density at radius 2 is 1.51 bits per heavy atom. The molecule has 0 spiro atoms. The van der Waals surface area contributed by atoms with Crippen LogP contribution in [0.4, 0.5) is 0 Å². The Kier molecular flexibility index (Phi) is 7.58. The molecule has 0 saturated carbocycles. The van der Waals surface area contributed by atoms with Crippen LogP contribution >= 0.6 is 0 Å². The largest absolute Gasteiger partial charge is 2.00 e. The van der Waals surface area contributed by atoms with Crippen molar-refractivity contribution in [3.63, 3.8) is 0 Å². The van der Waals surface area contributed by atoms with Gasteiger partial charge in [0.15, 0.2) is 0 Å². The van der Waals surface area contributed by atoms with Gasteiger partial charge in [-0.3, -0.25) is 9.67 Å². The molecule has 4 rings (SSSR count). The summed E-state index contributed by atoms with van der Waals surface area (Å²) in [6.07, 6.45) is 3.75. The SMILES string of the molecule is CC(C)(C)c1cc[c-]c(-n2ccc(C(C)(C)c3cccc(-c4[c-]cnc(C(C)(C)C)c4)n3)n2)c1.[Pt+2]. The van der Waals surface area contributed by atoms with Crippen molar-refractivity contribution in [2.75, 3.05) is 0 Å². The molecule has 0 N–H and O–H groups in total. The first kappa shape index (κ1) is 27.0. The Morgan fingerprint density at radius 3 is 2.20 bits per heavy atom. The van der Waals surface area contributed by atoms with Crippen LogP contribution < -0.4 is 0 Å². The first-order valence-electron chi connectivity index (χ1n) is 11.8. The summed E-state index contributed by atoms with van der Waals surface area (Å²) < 4.78 is 1.91. The van der Waals surface area contributed by atoms with E-state index in [0.29, 0.717) is 0 Å². The Labute approximate surface area is 224 Å². The van der Waals surface area contributed by atoms with Gasteiger partial charge in [-0.15, -0.1) is 12.1 Å². The van der Waals surface area contributed by atoms with E-state index >= 15 is 0 Å². The van der Waals surface area contributed by atoms with Gasteiger partial charge >= 0.3 is 21.1 Å². The van der Waals surface area contributed by atoms with Gasteiger partial charge in [0.05, 0.1) is 5.69 Å². The van der Waals surface area contributed by atoms with Crippen molar-refractivity contribution in [2.45, 2.75) is 71.6 Å². The second kappa shape index (κ2) is 9.82. The molecular formula is C30H34N4Pt. The molecule has 0 saturated heterocycles. The summed E-state index contributed by atoms with van der Waals surface area (Å²) in [5.74, 6) is 0. The van der Waals surface area contributed by atoms with Crippen LogP contribution in [0.3, 0.4) is 0 Å². The number of benzene rings is 1. The van der Waals surface area contributed by atoms with Crippen molar-refractivity contribution >= 4 is 0 Å². The van der Waals surface area contributed by atoms with Crippen molar-refractivity contribution in [1.82, 2.24) is 19.7 Å². The van der Waals surface area contributed by atoms with E-state index in [-0.39, 0.29) is 37.3 Å². The average molecular weight is 646 g/mol. The van der Waals surface area contributed by atoms with Crippen molar-refractivity contribution in [1.29, 1.82) is 0 Å². The first-order valence-corrected chi connectivity index (χ1v) is 11.8. The molecule has 0 amide bonds. The fourth-order valence-electron chi connectivity index (χ4n) is 3.85. The topological polar surface area (TPSA) is 43.6 Å². The molecule has 5 heteroatoms. The van der Waals surface area contributed by atoms with E-state index in [0.717, 1.165) is 34.0 Å². The third-order valence-corrected chi connectivity index (χ3v) is 6.27. The second-order valence-corrected chi connectivity index (χ2v) is 11.5. The normalized spacial score (nSPS) is 12.3. The molecule has 0 aliphatic heterocycles. The van der Waals surface area contributed by atoms with E-state index < -0.39 is 0 Å². The molecule has 4 nitrogen and oxygen atoms in total. The second-order valence-electron chi connectivity index (χ2n) is 11.5. The predicted molar refractivity (Wildman–Crippen MR) is 138 cm³/mol. The monoisotopic (exact) mass is 645 g/mol. The third kappa shape index (κ3) is 5.81. The van der Waals surface area contributed by atoms with Gasteiger partial charge in [-0.25, -0.2) is 0 Å². The van der Waals surface area contributed by atoms with Gasteiger partial charge < -0.3 is 4.98 Å². The van der Waals surface area contributed by atoms with E-state index in [1.807, 2.05) is 23.0 Å². The summed E-state index contributed by atoms with van der Waals surface area (Å²) in [5.41, 5.74) is 6.66. The van der Waals surface area contributed by atoms with Crippen molar-refractivity contribution in [3.05, 3.63) is 95.7 Å². The molecule has 0 aliphatic carbocycles. The van der Waals surface area contributed by atoms with Gasteiger partial charge in [0.1, 0.15) is 0 Å². The smallest absolute Gasteiger partial charge is 0.316 e. The zero-order chi connectivity index (χ0) is 24.7. The van der Waals surface area contributed by atoms with Gasteiger partial charge in [-0.2, -0.15) is 40.5 Å². The van der Waals surface area contributed by atoms with E-state index in [2.05, 4.69) is 109 Å². The summed E-state index contributed by atoms with van der Waals surface area (Å²) in [6.45, 7) is 17.5. The first-order chi connectivity index (χ1) is 15.9. The molecule has 35 heavy (non-hydrogen) atoms. The zero-order valence-corrected chi connectivity index (χ0v) is 24.2. The van der Waals surface area contributed by atoms with Gasteiger partial charge in [-0.05, 0) is 60.1 Å². The van der Waals surface area contributed by atoms with Gasteiger partial charge in [0.2, 0.25) is 0 Å². The minimum absolute atomic E-state index is 0. The molecule has 3 heterocycles. The number of hydrogen-bond acceptors (Lipinski definition) is 3. The number of aromatic nitrogens is 4. The molecule has 0 radical (unpaired) electrons. The molecular weight excluding hydrogens is 611 g/mol. The number of nitrogens with zero attached hydrogens (tertiary/aromatic N) is 4. The van der Waals surface area contributed by atoms with E-state index in [9.17, 15) is 0 Å². The van der Waals surface area contributed by atoms with Crippen molar-refractivity contribution in [2.24, 2.45) is 0 Å². The Bertz CT molecular complexity index is 1310. The van der Waals surface area contributed by atoms with Gasteiger partial charge in [0.25, 0.3) is 0 Å². The Morgan fingerprint density at radius 1 is 0.771 bits per heavy atom. The van der Waals surface area contributed by atoms with E-state index in [1.54, 1.807) is 6.20 Å². The van der Waals surface area contributed by atoms with Crippen LogP contribution in [0, 0.1) is 12.1 Å². The zero-order valence-electron chi connectivity index (χ0n) is 21.9. The summed E-state index contributed by atoms with van der Waals surface area (Å²) in [4.78, 5) is 9.54. The van der Waals surface area contributed by atoms with Crippen molar-refractivity contribution in [3.8, 4) is 16.9 Å². The van der Waals surface area contributed by atoms with Crippen LogP contribution in [-0.4, -0.2) is 19.7 Å². The van der Waals surface area contributed by atoms with Crippen LogP contribution in [0.1, 0.15) is 78.0 Å². The summed E-state index contributed by atoms with van der Waals surface area (Å²) in [5, 5.41) is 4.93. The van der Waals surface area contributed by atoms with Crippen LogP contribution in [0.25, 0.3) is 16.9 Å². The van der Waals surface area contributed by atoms with E-state index in [4.69, 9.17) is 10.1 Å². The van der Waals surface area contributed by atoms with Crippen LogP contribution in [0.2, 0.25) is 0 Å². The molecule has 184 valence electrons. The predicted octanol–water partition coefficient (Wildman–Crippen LogP) is 6.85. The molecule has 3 aromatic heterocycles. The quantitative estimate of drug-likeness (QED) is 0.228. The van der Waals surface area contributed by atoms with Gasteiger partial charge in [0, 0.05) is 17.3 Å². The maximum Gasteiger partial charge on any atom is 2.00 e. The van der Waals surface area contributed by atoms with Crippen LogP contribution in [0.5, 0.6) is 0 Å². The van der Waals surface area contributed by atoms with Crippen molar-refractivity contribution < 1.29 is 21.1 Å². The fourth-order valence-corrected chi connectivity index (χ4v) is 3.85.